The van der Waals surface area contributed by atoms with Crippen LogP contribution < -0.4 is 5.32 Å². The maximum Gasteiger partial charge on any atom is 0.161 e. The summed E-state index contributed by atoms with van der Waals surface area (Å²) in [5.41, 5.74) is 3.53. The molecule has 0 radical (unpaired) electrons. The molecule has 0 amide bonds. The van der Waals surface area contributed by atoms with Gasteiger partial charge >= 0.3 is 0 Å². The van der Waals surface area contributed by atoms with E-state index in [9.17, 15) is 4.79 Å². The molecule has 0 aromatic carbocycles. The Morgan fingerprint density at radius 2 is 2.18 bits per heavy atom. The largest absolute Gasteiger partial charge is 0.362 e. The normalized spacial score (nSPS) is 24.2. The number of rotatable bonds is 4. The summed E-state index contributed by atoms with van der Waals surface area (Å²) < 4.78 is 0. The summed E-state index contributed by atoms with van der Waals surface area (Å²) in [4.78, 5) is 12.1. The van der Waals surface area contributed by atoms with Crippen LogP contribution >= 0.6 is 0 Å². The summed E-state index contributed by atoms with van der Waals surface area (Å²) in [5, 5.41) is 3.39. The Morgan fingerprint density at radius 3 is 2.94 bits per heavy atom. The van der Waals surface area contributed by atoms with Crippen molar-refractivity contribution in [3.8, 4) is 0 Å². The zero-order valence-corrected chi connectivity index (χ0v) is 11.0. The number of nitrogens with one attached hydrogen (secondary N) is 1. The van der Waals surface area contributed by atoms with Gasteiger partial charge in [-0.3, -0.25) is 4.79 Å². The van der Waals surface area contributed by atoms with Gasteiger partial charge in [-0.2, -0.15) is 0 Å². The van der Waals surface area contributed by atoms with Crippen molar-refractivity contribution in [1.29, 1.82) is 0 Å². The molecule has 0 fully saturated rings. The van der Waals surface area contributed by atoms with Gasteiger partial charge in [-0.15, -0.1) is 0 Å². The van der Waals surface area contributed by atoms with E-state index in [4.69, 9.17) is 0 Å². The molecule has 0 aromatic rings. The molecule has 1 N–H and O–H groups in total. The highest BCUT2D eigenvalue weighted by molar-refractivity contribution is 5.98. The Kier molecular flexibility index (Phi) is 4.03. The Bertz CT molecular complexity index is 365. The lowest BCUT2D eigenvalue weighted by Gasteiger charge is -2.30. The van der Waals surface area contributed by atoms with Gasteiger partial charge in [0.05, 0.1) is 0 Å². The lowest BCUT2D eigenvalue weighted by Crippen LogP contribution is -2.29. The second kappa shape index (κ2) is 5.52. The minimum atomic E-state index is 0.379. The summed E-state index contributed by atoms with van der Waals surface area (Å²) in [6, 6.07) is 0. The van der Waals surface area contributed by atoms with Crippen molar-refractivity contribution in [1.82, 2.24) is 5.32 Å². The van der Waals surface area contributed by atoms with E-state index >= 15 is 0 Å². The molecule has 2 heteroatoms. The first-order valence-corrected chi connectivity index (χ1v) is 6.94. The van der Waals surface area contributed by atoms with Crippen LogP contribution in [0.3, 0.4) is 0 Å². The number of unbranched alkanes of at least 4 members (excludes halogenated alkanes) is 2. The smallest absolute Gasteiger partial charge is 0.161 e. The van der Waals surface area contributed by atoms with Gasteiger partial charge in [0.1, 0.15) is 0 Å². The summed E-state index contributed by atoms with van der Waals surface area (Å²) in [7, 11) is 0. The molecule has 2 rings (SSSR count). The minimum Gasteiger partial charge on any atom is -0.362 e. The van der Waals surface area contributed by atoms with Gasteiger partial charge < -0.3 is 5.32 Å². The summed E-state index contributed by atoms with van der Waals surface area (Å²) in [6.45, 7) is 4.33. The molecule has 1 atom stereocenters. The van der Waals surface area contributed by atoms with Crippen molar-refractivity contribution in [3.63, 3.8) is 0 Å². The Hall–Kier alpha value is -1.05. The second-order valence-electron chi connectivity index (χ2n) is 5.25. The first-order valence-electron chi connectivity index (χ1n) is 6.94. The Balaban J connectivity index is 2.12. The van der Waals surface area contributed by atoms with Crippen LogP contribution in [0.2, 0.25) is 0 Å². The van der Waals surface area contributed by atoms with E-state index in [-0.39, 0.29) is 0 Å². The Labute approximate surface area is 104 Å². The molecule has 1 aliphatic carbocycles. The maximum absolute atomic E-state index is 12.1. The number of Topliss-reactive ketones (excluding diaryl/α,β-unsaturated/α-hetero) is 1. The standard InChI is InChI=1S/C15H23NO/c1-3-4-5-7-12-10-11(2)16-13-8-6-9-14(17)15(12)13/h10,12,16H,3-9H2,1-2H3. The van der Waals surface area contributed by atoms with Crippen LogP contribution in [0.1, 0.15) is 58.8 Å². The summed E-state index contributed by atoms with van der Waals surface area (Å²) in [6.07, 6.45) is 9.94. The van der Waals surface area contributed by atoms with Gasteiger partial charge in [0.15, 0.2) is 5.78 Å². The highest BCUT2D eigenvalue weighted by Crippen LogP contribution is 2.33. The molecule has 1 heterocycles. The fourth-order valence-corrected chi connectivity index (χ4v) is 2.93. The predicted octanol–water partition coefficient (Wildman–Crippen LogP) is 3.70. The molecule has 0 saturated heterocycles. The van der Waals surface area contributed by atoms with Crippen LogP contribution in [0.4, 0.5) is 0 Å². The predicted molar refractivity (Wildman–Crippen MR) is 70.4 cm³/mol. The summed E-state index contributed by atoms with van der Waals surface area (Å²) in [5.74, 6) is 0.759. The number of hydrogen-bond acceptors (Lipinski definition) is 2. The van der Waals surface area contributed by atoms with Crippen molar-refractivity contribution in [2.75, 3.05) is 0 Å². The van der Waals surface area contributed by atoms with E-state index in [2.05, 4.69) is 25.2 Å². The molecular weight excluding hydrogens is 210 g/mol. The SMILES string of the molecule is CCCCCC1C=C(C)NC2=C1C(=O)CCC2. The lowest BCUT2D eigenvalue weighted by molar-refractivity contribution is -0.116. The van der Waals surface area contributed by atoms with Crippen molar-refractivity contribution >= 4 is 5.78 Å². The zero-order chi connectivity index (χ0) is 12.3. The molecule has 1 aliphatic heterocycles. The van der Waals surface area contributed by atoms with Gasteiger partial charge in [0, 0.05) is 29.3 Å². The molecule has 2 aliphatic rings. The van der Waals surface area contributed by atoms with Crippen molar-refractivity contribution in [2.45, 2.75) is 58.8 Å². The van der Waals surface area contributed by atoms with E-state index in [0.29, 0.717) is 11.7 Å². The molecule has 0 saturated carbocycles. The van der Waals surface area contributed by atoms with Crippen LogP contribution in [0.25, 0.3) is 0 Å². The second-order valence-corrected chi connectivity index (χ2v) is 5.25. The molecule has 0 spiro atoms. The number of allylic oxidation sites excluding steroid dienone is 4. The minimum absolute atomic E-state index is 0.379. The topological polar surface area (TPSA) is 29.1 Å². The average Bonchev–Trinajstić information content (AvgIpc) is 2.28. The Morgan fingerprint density at radius 1 is 1.35 bits per heavy atom. The van der Waals surface area contributed by atoms with E-state index in [1.807, 2.05) is 0 Å². The number of hydrogen-bond donors (Lipinski definition) is 1. The number of carbonyl (C=O) groups is 1. The van der Waals surface area contributed by atoms with Gasteiger partial charge in [0.25, 0.3) is 0 Å². The monoisotopic (exact) mass is 233 g/mol. The lowest BCUT2D eigenvalue weighted by atomic mass is 9.81. The highest BCUT2D eigenvalue weighted by atomic mass is 16.1. The summed E-state index contributed by atoms with van der Waals surface area (Å²) >= 11 is 0. The first kappa shape index (κ1) is 12.4. The fraction of sp³-hybridized carbons (Fsp3) is 0.667. The maximum atomic E-state index is 12.1. The van der Waals surface area contributed by atoms with Crippen molar-refractivity contribution in [3.05, 3.63) is 23.0 Å². The van der Waals surface area contributed by atoms with E-state index in [1.165, 1.54) is 30.7 Å². The third-order valence-electron chi connectivity index (χ3n) is 3.74. The van der Waals surface area contributed by atoms with Gasteiger partial charge in [-0.25, -0.2) is 0 Å². The molecule has 2 nitrogen and oxygen atoms in total. The molecule has 94 valence electrons. The zero-order valence-electron chi connectivity index (χ0n) is 11.0. The number of carbonyl (C=O) groups excluding carboxylic acids is 1. The molecule has 0 bridgehead atoms. The number of dihydropyridines is 1. The first-order chi connectivity index (χ1) is 8.22. The van der Waals surface area contributed by atoms with Crippen molar-refractivity contribution < 1.29 is 4.79 Å². The van der Waals surface area contributed by atoms with Crippen LogP contribution in [0.5, 0.6) is 0 Å². The van der Waals surface area contributed by atoms with Gasteiger partial charge in [0.2, 0.25) is 0 Å². The van der Waals surface area contributed by atoms with Gasteiger partial charge in [-0.05, 0) is 26.2 Å². The number of ketones is 1. The van der Waals surface area contributed by atoms with Crippen LogP contribution in [0, 0.1) is 5.92 Å². The molecular formula is C15H23NO. The van der Waals surface area contributed by atoms with Gasteiger partial charge in [-0.1, -0.05) is 32.3 Å². The van der Waals surface area contributed by atoms with E-state index in [1.54, 1.807) is 0 Å². The molecule has 1 unspecified atom stereocenters. The third kappa shape index (κ3) is 2.80. The quantitative estimate of drug-likeness (QED) is 0.750. The van der Waals surface area contributed by atoms with Crippen molar-refractivity contribution in [2.24, 2.45) is 5.92 Å². The average molecular weight is 233 g/mol. The third-order valence-corrected chi connectivity index (χ3v) is 3.74. The van der Waals surface area contributed by atoms with E-state index in [0.717, 1.165) is 31.3 Å². The van der Waals surface area contributed by atoms with Crippen LogP contribution in [0.15, 0.2) is 23.0 Å². The van der Waals surface area contributed by atoms with Crippen LogP contribution in [-0.4, -0.2) is 5.78 Å². The highest BCUT2D eigenvalue weighted by Gasteiger charge is 2.28. The molecule has 0 aromatic heterocycles. The fourth-order valence-electron chi connectivity index (χ4n) is 2.93. The van der Waals surface area contributed by atoms with E-state index < -0.39 is 0 Å². The molecule has 17 heavy (non-hydrogen) atoms. The van der Waals surface area contributed by atoms with Crippen LogP contribution in [-0.2, 0) is 4.79 Å².